The van der Waals surface area contributed by atoms with Gasteiger partial charge in [0.2, 0.25) is 0 Å². The molecule has 4 heteroatoms. The average molecular weight is 213 g/mol. The Morgan fingerprint density at radius 3 is 2.36 bits per heavy atom. The molecule has 14 heavy (non-hydrogen) atoms. The van der Waals surface area contributed by atoms with E-state index >= 15 is 0 Å². The van der Waals surface area contributed by atoms with Crippen LogP contribution in [0.2, 0.25) is 0 Å². The average Bonchev–Trinajstić information content (AvgIpc) is 2.47. The van der Waals surface area contributed by atoms with Gasteiger partial charge in [-0.25, -0.2) is 0 Å². The van der Waals surface area contributed by atoms with Crippen molar-refractivity contribution in [2.24, 2.45) is 0 Å². The normalized spacial score (nSPS) is 12.4. The first-order chi connectivity index (χ1) is 6.38. The Hall–Kier alpha value is -0.480. The van der Waals surface area contributed by atoms with Crippen molar-refractivity contribution in [3.63, 3.8) is 0 Å². The second-order valence-electron chi connectivity index (χ2n) is 4.79. The summed E-state index contributed by atoms with van der Waals surface area (Å²) >= 11 is 1.70. The van der Waals surface area contributed by atoms with Crippen molar-refractivity contribution >= 4 is 11.3 Å². The summed E-state index contributed by atoms with van der Waals surface area (Å²) in [7, 11) is 0. The third-order valence-corrected chi connectivity index (χ3v) is 2.97. The van der Waals surface area contributed by atoms with Crippen LogP contribution in [-0.2, 0) is 6.54 Å². The molecule has 0 aliphatic carbocycles. The Morgan fingerprint density at radius 1 is 1.29 bits per heavy atom. The van der Waals surface area contributed by atoms with Gasteiger partial charge in [-0.05, 0) is 20.8 Å². The van der Waals surface area contributed by atoms with Gasteiger partial charge in [-0.2, -0.15) is 0 Å². The van der Waals surface area contributed by atoms with Gasteiger partial charge in [0.1, 0.15) is 10.0 Å². The first kappa shape index (κ1) is 11.6. The molecule has 0 aliphatic rings. The topological polar surface area (TPSA) is 37.8 Å². The lowest BCUT2D eigenvalue weighted by Gasteiger charge is -2.19. The molecule has 0 saturated carbocycles. The summed E-state index contributed by atoms with van der Waals surface area (Å²) in [5.74, 6) is 0.482. The third-order valence-electron chi connectivity index (χ3n) is 1.75. The van der Waals surface area contributed by atoms with Crippen molar-refractivity contribution in [2.45, 2.75) is 52.6 Å². The molecule has 0 unspecified atom stereocenters. The molecule has 80 valence electrons. The maximum Gasteiger partial charge on any atom is 0.131 e. The first-order valence-electron chi connectivity index (χ1n) is 4.96. The second kappa shape index (κ2) is 4.36. The van der Waals surface area contributed by atoms with E-state index in [0.29, 0.717) is 5.92 Å². The van der Waals surface area contributed by atoms with Crippen LogP contribution < -0.4 is 5.32 Å². The number of nitrogens with zero attached hydrogens (tertiary/aromatic N) is 2. The highest BCUT2D eigenvalue weighted by molar-refractivity contribution is 7.11. The van der Waals surface area contributed by atoms with Crippen molar-refractivity contribution < 1.29 is 0 Å². The SMILES string of the molecule is CC(C)c1nnc(CNC(C)(C)C)s1. The minimum Gasteiger partial charge on any atom is -0.306 e. The zero-order valence-electron chi connectivity index (χ0n) is 9.59. The zero-order valence-corrected chi connectivity index (χ0v) is 10.4. The van der Waals surface area contributed by atoms with Crippen LogP contribution in [0.4, 0.5) is 0 Å². The Bertz CT molecular complexity index is 286. The van der Waals surface area contributed by atoms with Gasteiger partial charge in [0.25, 0.3) is 0 Å². The van der Waals surface area contributed by atoms with Crippen LogP contribution in [0, 0.1) is 0 Å². The zero-order chi connectivity index (χ0) is 10.8. The van der Waals surface area contributed by atoms with E-state index in [4.69, 9.17) is 0 Å². The predicted molar refractivity (Wildman–Crippen MR) is 60.6 cm³/mol. The molecule has 3 nitrogen and oxygen atoms in total. The molecule has 0 aliphatic heterocycles. The standard InChI is InChI=1S/C10H19N3S/c1-7(2)9-13-12-8(14-9)6-11-10(3,4)5/h7,11H,6H2,1-5H3. The van der Waals surface area contributed by atoms with E-state index in [1.807, 2.05) is 0 Å². The van der Waals surface area contributed by atoms with E-state index in [2.05, 4.69) is 50.1 Å². The molecule has 0 aromatic carbocycles. The first-order valence-corrected chi connectivity index (χ1v) is 5.77. The van der Waals surface area contributed by atoms with E-state index in [1.165, 1.54) is 0 Å². The maximum atomic E-state index is 4.15. The number of hydrogen-bond donors (Lipinski definition) is 1. The van der Waals surface area contributed by atoms with Gasteiger partial charge in [0.05, 0.1) is 6.54 Å². The molecule has 1 rings (SSSR count). The molecular weight excluding hydrogens is 194 g/mol. The van der Waals surface area contributed by atoms with Crippen LogP contribution in [0.25, 0.3) is 0 Å². The fourth-order valence-electron chi connectivity index (χ4n) is 0.912. The molecule has 1 aromatic heterocycles. The fraction of sp³-hybridized carbons (Fsp3) is 0.800. The lowest BCUT2D eigenvalue weighted by atomic mass is 10.1. The summed E-state index contributed by atoms with van der Waals surface area (Å²) in [6.45, 7) is 11.5. The summed E-state index contributed by atoms with van der Waals surface area (Å²) in [5, 5.41) is 13.9. The van der Waals surface area contributed by atoms with E-state index in [0.717, 1.165) is 16.6 Å². The van der Waals surface area contributed by atoms with Crippen LogP contribution in [-0.4, -0.2) is 15.7 Å². The maximum absolute atomic E-state index is 4.15. The van der Waals surface area contributed by atoms with Crippen molar-refractivity contribution in [2.75, 3.05) is 0 Å². The summed E-state index contributed by atoms with van der Waals surface area (Å²) in [6, 6.07) is 0. The molecule has 0 amide bonds. The van der Waals surface area contributed by atoms with Crippen LogP contribution in [0.5, 0.6) is 0 Å². The number of hydrogen-bond acceptors (Lipinski definition) is 4. The van der Waals surface area contributed by atoms with Gasteiger partial charge in [0, 0.05) is 11.5 Å². The molecule has 0 saturated heterocycles. The van der Waals surface area contributed by atoms with E-state index < -0.39 is 0 Å². The van der Waals surface area contributed by atoms with Gasteiger partial charge in [-0.1, -0.05) is 25.2 Å². The summed E-state index contributed by atoms with van der Waals surface area (Å²) in [6.07, 6.45) is 0. The van der Waals surface area contributed by atoms with Gasteiger partial charge in [-0.3, -0.25) is 0 Å². The summed E-state index contributed by atoms with van der Waals surface area (Å²) in [5.41, 5.74) is 0.143. The van der Waals surface area contributed by atoms with Crippen molar-refractivity contribution in [1.29, 1.82) is 0 Å². The summed E-state index contributed by atoms with van der Waals surface area (Å²) < 4.78 is 0. The predicted octanol–water partition coefficient (Wildman–Crippen LogP) is 2.55. The molecule has 1 heterocycles. The molecule has 0 fully saturated rings. The number of aromatic nitrogens is 2. The smallest absolute Gasteiger partial charge is 0.131 e. The van der Waals surface area contributed by atoms with Crippen molar-refractivity contribution in [3.8, 4) is 0 Å². The highest BCUT2D eigenvalue weighted by Crippen LogP contribution is 2.19. The second-order valence-corrected chi connectivity index (χ2v) is 5.89. The van der Waals surface area contributed by atoms with Crippen LogP contribution >= 0.6 is 11.3 Å². The number of rotatable bonds is 3. The molecule has 0 atom stereocenters. The van der Waals surface area contributed by atoms with Gasteiger partial charge < -0.3 is 5.32 Å². The van der Waals surface area contributed by atoms with Crippen molar-refractivity contribution in [3.05, 3.63) is 10.0 Å². The van der Waals surface area contributed by atoms with E-state index in [1.54, 1.807) is 11.3 Å². The Kier molecular flexibility index (Phi) is 3.61. The van der Waals surface area contributed by atoms with Gasteiger partial charge >= 0.3 is 0 Å². The van der Waals surface area contributed by atoms with Crippen molar-refractivity contribution in [1.82, 2.24) is 15.5 Å². The van der Waals surface area contributed by atoms with Crippen LogP contribution in [0.3, 0.4) is 0 Å². The van der Waals surface area contributed by atoms with Crippen LogP contribution in [0.1, 0.15) is 50.6 Å². The van der Waals surface area contributed by atoms with Crippen LogP contribution in [0.15, 0.2) is 0 Å². The number of nitrogens with one attached hydrogen (secondary N) is 1. The molecule has 0 spiro atoms. The molecule has 0 bridgehead atoms. The highest BCUT2D eigenvalue weighted by Gasteiger charge is 2.11. The Morgan fingerprint density at radius 2 is 1.93 bits per heavy atom. The lowest BCUT2D eigenvalue weighted by Crippen LogP contribution is -2.35. The van der Waals surface area contributed by atoms with E-state index in [-0.39, 0.29) is 5.54 Å². The minimum atomic E-state index is 0.143. The lowest BCUT2D eigenvalue weighted by molar-refractivity contribution is 0.423. The molecular formula is C10H19N3S. The highest BCUT2D eigenvalue weighted by atomic mass is 32.1. The monoisotopic (exact) mass is 213 g/mol. The minimum absolute atomic E-state index is 0.143. The molecule has 1 N–H and O–H groups in total. The Balaban J connectivity index is 2.52. The summed E-state index contributed by atoms with van der Waals surface area (Å²) in [4.78, 5) is 0. The quantitative estimate of drug-likeness (QED) is 0.838. The van der Waals surface area contributed by atoms with E-state index in [9.17, 15) is 0 Å². The molecule has 1 aromatic rings. The molecule has 0 radical (unpaired) electrons. The fourth-order valence-corrected chi connectivity index (χ4v) is 1.70. The Labute approximate surface area is 89.9 Å². The van der Waals surface area contributed by atoms with Gasteiger partial charge in [0.15, 0.2) is 0 Å². The largest absolute Gasteiger partial charge is 0.306 e. The van der Waals surface area contributed by atoms with Gasteiger partial charge in [-0.15, -0.1) is 10.2 Å². The third kappa shape index (κ3) is 3.72.